The van der Waals surface area contributed by atoms with Crippen LogP contribution < -0.4 is 24.4 Å². The molecule has 9 nitrogen and oxygen atoms in total. The maximum atomic E-state index is 12.9. The number of fused-ring (bicyclic) bond motifs is 1. The number of carbonyl (C=O) groups is 2. The van der Waals surface area contributed by atoms with E-state index in [1.54, 1.807) is 29.2 Å². The average molecular weight is 451 g/mol. The fourth-order valence-electron chi connectivity index (χ4n) is 4.13. The van der Waals surface area contributed by atoms with Gasteiger partial charge in [0.15, 0.2) is 23.0 Å². The minimum Gasteiger partial charge on any atom is -0.493 e. The number of rotatable bonds is 7. The van der Waals surface area contributed by atoms with Gasteiger partial charge in [0.1, 0.15) is 5.52 Å². The summed E-state index contributed by atoms with van der Waals surface area (Å²) in [7, 11) is 4.55. The molecule has 1 atom stereocenters. The van der Waals surface area contributed by atoms with Crippen LogP contribution in [-0.4, -0.2) is 44.7 Å². The van der Waals surface area contributed by atoms with Crippen molar-refractivity contribution < 1.29 is 28.2 Å². The van der Waals surface area contributed by atoms with Crippen LogP contribution in [0.15, 0.2) is 34.7 Å². The predicted molar refractivity (Wildman–Crippen MR) is 121 cm³/mol. The summed E-state index contributed by atoms with van der Waals surface area (Å²) < 4.78 is 21.9. The van der Waals surface area contributed by atoms with Crippen LogP contribution in [0, 0.1) is 5.92 Å². The highest BCUT2D eigenvalue weighted by molar-refractivity contribution is 6.04. The second-order valence-electron chi connectivity index (χ2n) is 8.29. The van der Waals surface area contributed by atoms with Crippen molar-refractivity contribution in [2.24, 2.45) is 5.92 Å². The zero-order chi connectivity index (χ0) is 23.1. The molecule has 1 unspecified atom stereocenters. The molecule has 33 heavy (non-hydrogen) atoms. The smallest absolute Gasteiger partial charge is 0.229 e. The molecule has 2 aliphatic rings. The number of benzene rings is 2. The molecule has 1 aromatic heterocycles. The van der Waals surface area contributed by atoms with Gasteiger partial charge in [-0.05, 0) is 31.0 Å². The van der Waals surface area contributed by atoms with Crippen LogP contribution in [0.1, 0.15) is 31.1 Å². The largest absolute Gasteiger partial charge is 0.493 e. The monoisotopic (exact) mass is 451 g/mol. The number of nitrogens with zero attached hydrogens (tertiary/aromatic N) is 2. The maximum absolute atomic E-state index is 12.9. The van der Waals surface area contributed by atoms with Gasteiger partial charge in [0, 0.05) is 36.7 Å². The van der Waals surface area contributed by atoms with Gasteiger partial charge in [0.2, 0.25) is 17.6 Å². The first-order valence-electron chi connectivity index (χ1n) is 10.8. The van der Waals surface area contributed by atoms with Crippen molar-refractivity contribution in [1.29, 1.82) is 0 Å². The number of methoxy groups -OCH3 is 3. The highest BCUT2D eigenvalue weighted by atomic mass is 16.5. The molecule has 1 saturated carbocycles. The zero-order valence-electron chi connectivity index (χ0n) is 18.7. The van der Waals surface area contributed by atoms with Crippen LogP contribution in [0.3, 0.4) is 0 Å². The van der Waals surface area contributed by atoms with E-state index in [0.29, 0.717) is 40.1 Å². The van der Waals surface area contributed by atoms with Gasteiger partial charge in [-0.2, -0.15) is 0 Å². The Morgan fingerprint density at radius 3 is 2.45 bits per heavy atom. The molecule has 1 aliphatic carbocycles. The van der Waals surface area contributed by atoms with Gasteiger partial charge in [0.05, 0.1) is 32.9 Å². The Hall–Kier alpha value is -3.75. The van der Waals surface area contributed by atoms with E-state index in [2.05, 4.69) is 10.3 Å². The van der Waals surface area contributed by atoms with Gasteiger partial charge >= 0.3 is 0 Å². The normalized spacial score (nSPS) is 18.0. The van der Waals surface area contributed by atoms with E-state index >= 15 is 0 Å². The third-order valence-corrected chi connectivity index (χ3v) is 6.06. The lowest BCUT2D eigenvalue weighted by Crippen LogP contribution is -2.28. The Morgan fingerprint density at radius 2 is 1.82 bits per heavy atom. The quantitative estimate of drug-likeness (QED) is 0.584. The van der Waals surface area contributed by atoms with Gasteiger partial charge in [-0.15, -0.1) is 0 Å². The minimum atomic E-state index is -0.494. The van der Waals surface area contributed by atoms with E-state index in [-0.39, 0.29) is 24.8 Å². The molecular weight excluding hydrogens is 426 g/mol. The van der Waals surface area contributed by atoms with Crippen molar-refractivity contribution in [3.8, 4) is 17.2 Å². The van der Waals surface area contributed by atoms with E-state index < -0.39 is 5.92 Å². The van der Waals surface area contributed by atoms with E-state index in [9.17, 15) is 9.59 Å². The van der Waals surface area contributed by atoms with Crippen molar-refractivity contribution in [2.75, 3.05) is 38.1 Å². The molecule has 1 saturated heterocycles. The lowest BCUT2D eigenvalue weighted by atomic mass is 10.1. The second-order valence-corrected chi connectivity index (χ2v) is 8.29. The van der Waals surface area contributed by atoms with E-state index in [0.717, 1.165) is 24.2 Å². The van der Waals surface area contributed by atoms with Crippen LogP contribution in [0.5, 0.6) is 17.2 Å². The summed E-state index contributed by atoms with van der Waals surface area (Å²) in [5, 5.41) is 2.92. The van der Waals surface area contributed by atoms with E-state index in [1.165, 1.54) is 21.3 Å². The molecule has 1 N–H and O–H groups in total. The van der Waals surface area contributed by atoms with Gasteiger partial charge < -0.3 is 28.8 Å². The number of anilines is 2. The topological polar surface area (TPSA) is 103 Å². The molecule has 172 valence electrons. The number of hydrogen-bond acceptors (Lipinski definition) is 7. The zero-order valence-corrected chi connectivity index (χ0v) is 18.7. The van der Waals surface area contributed by atoms with E-state index in [4.69, 9.17) is 18.6 Å². The van der Waals surface area contributed by atoms with Crippen LogP contribution in [0.25, 0.3) is 11.1 Å². The summed E-state index contributed by atoms with van der Waals surface area (Å²) in [5.74, 6) is 1.65. The van der Waals surface area contributed by atoms with Gasteiger partial charge in [-0.25, -0.2) is 4.98 Å². The highest BCUT2D eigenvalue weighted by Crippen LogP contribution is 2.42. The average Bonchev–Trinajstić information content (AvgIpc) is 3.47. The number of amides is 2. The summed E-state index contributed by atoms with van der Waals surface area (Å²) in [4.78, 5) is 31.8. The second kappa shape index (κ2) is 8.31. The summed E-state index contributed by atoms with van der Waals surface area (Å²) in [5.41, 5.74) is 2.64. The van der Waals surface area contributed by atoms with Crippen molar-refractivity contribution in [3.63, 3.8) is 0 Å². The Kier molecular flexibility index (Phi) is 5.32. The fraction of sp³-hybridized carbons (Fsp3) is 0.375. The standard InChI is InChI=1S/C24H25N3O6/c1-30-19-10-16(11-20(31-2)22(19)32-3)27-12-14(8-21(27)28)23(29)25-15-6-7-18-17(9-15)26-24(33-18)13-4-5-13/h6-7,9-11,13-14H,4-5,8,12H2,1-3H3,(H,25,29). The Labute approximate surface area is 190 Å². The molecule has 1 aliphatic heterocycles. The number of oxazole rings is 1. The molecule has 5 rings (SSSR count). The first-order chi connectivity index (χ1) is 16.0. The van der Waals surface area contributed by atoms with E-state index in [1.807, 2.05) is 6.07 Å². The Balaban J connectivity index is 1.32. The first kappa shape index (κ1) is 21.1. The highest BCUT2D eigenvalue weighted by Gasteiger charge is 2.36. The van der Waals surface area contributed by atoms with Crippen molar-refractivity contribution >= 4 is 34.3 Å². The maximum Gasteiger partial charge on any atom is 0.229 e. The van der Waals surface area contributed by atoms with Crippen LogP contribution in [0.4, 0.5) is 11.4 Å². The molecule has 0 radical (unpaired) electrons. The van der Waals surface area contributed by atoms with Gasteiger partial charge in [0.25, 0.3) is 0 Å². The third-order valence-electron chi connectivity index (χ3n) is 6.06. The molecule has 2 heterocycles. The lowest BCUT2D eigenvalue weighted by Gasteiger charge is -2.20. The SMILES string of the molecule is COc1cc(N2CC(C(=O)Nc3ccc4oc(C5CC5)nc4c3)CC2=O)cc(OC)c1OC. The summed E-state index contributed by atoms with van der Waals surface area (Å²) >= 11 is 0. The Morgan fingerprint density at radius 1 is 1.09 bits per heavy atom. The molecular formula is C24H25N3O6. The summed E-state index contributed by atoms with van der Waals surface area (Å²) in [6, 6.07) is 8.81. The van der Waals surface area contributed by atoms with Crippen LogP contribution in [-0.2, 0) is 9.59 Å². The Bertz CT molecular complexity index is 1210. The number of ether oxygens (including phenoxy) is 3. The summed E-state index contributed by atoms with van der Waals surface area (Å²) in [6.07, 6.45) is 2.32. The third kappa shape index (κ3) is 3.94. The van der Waals surface area contributed by atoms with Crippen LogP contribution in [0.2, 0.25) is 0 Å². The lowest BCUT2D eigenvalue weighted by molar-refractivity contribution is -0.122. The fourth-order valence-corrected chi connectivity index (χ4v) is 4.13. The number of aromatic nitrogens is 1. The van der Waals surface area contributed by atoms with Crippen molar-refractivity contribution in [2.45, 2.75) is 25.2 Å². The van der Waals surface area contributed by atoms with Gasteiger partial charge in [-0.3, -0.25) is 9.59 Å². The van der Waals surface area contributed by atoms with Crippen molar-refractivity contribution in [3.05, 3.63) is 36.2 Å². The molecule has 2 amide bonds. The molecule has 2 aromatic carbocycles. The molecule has 0 bridgehead atoms. The first-order valence-corrected chi connectivity index (χ1v) is 10.8. The molecule has 9 heteroatoms. The molecule has 3 aromatic rings. The molecule has 0 spiro atoms. The van der Waals surface area contributed by atoms with Crippen molar-refractivity contribution in [1.82, 2.24) is 4.98 Å². The number of nitrogens with one attached hydrogen (secondary N) is 1. The minimum absolute atomic E-state index is 0.112. The van der Waals surface area contributed by atoms with Gasteiger partial charge in [-0.1, -0.05) is 0 Å². The van der Waals surface area contributed by atoms with Crippen LogP contribution >= 0.6 is 0 Å². The summed E-state index contributed by atoms with van der Waals surface area (Å²) in [6.45, 7) is 0.251. The molecule has 2 fully saturated rings. The predicted octanol–water partition coefficient (Wildman–Crippen LogP) is 3.72. The number of carbonyl (C=O) groups excluding carboxylic acids is 2. The number of hydrogen-bond donors (Lipinski definition) is 1.